The largest absolute Gasteiger partial charge is 0.419 e. The Kier molecular flexibility index (Phi) is 6.48. The van der Waals surface area contributed by atoms with Crippen LogP contribution < -0.4 is 16.2 Å². The summed E-state index contributed by atoms with van der Waals surface area (Å²) in [6.07, 6.45) is -4.75. The van der Waals surface area contributed by atoms with Gasteiger partial charge in [0.25, 0.3) is 11.5 Å². The molecule has 2 aromatic carbocycles. The van der Waals surface area contributed by atoms with E-state index in [0.717, 1.165) is 11.6 Å². The Bertz CT molecular complexity index is 1140. The topological polar surface area (TPSA) is 74.0 Å². The van der Waals surface area contributed by atoms with Gasteiger partial charge in [0.1, 0.15) is 0 Å². The highest BCUT2D eigenvalue weighted by molar-refractivity contribution is 5.97. The number of amides is 1. The summed E-state index contributed by atoms with van der Waals surface area (Å²) < 4.78 is 41.6. The van der Waals surface area contributed by atoms with E-state index in [-0.39, 0.29) is 24.3 Å². The van der Waals surface area contributed by atoms with Crippen LogP contribution in [-0.2, 0) is 19.3 Å². The van der Waals surface area contributed by atoms with Gasteiger partial charge in [-0.15, -0.1) is 0 Å². The minimum Gasteiger partial charge on any atom is -0.380 e. The molecule has 0 saturated heterocycles. The number of hydrogen-bond donors (Lipinski definition) is 3. The fraction of sp³-hybridized carbons (Fsp3) is 0.217. The van der Waals surface area contributed by atoms with Crippen LogP contribution in [0, 0.1) is 13.8 Å². The van der Waals surface area contributed by atoms with Gasteiger partial charge in [-0.05, 0) is 43.2 Å². The maximum atomic E-state index is 13.9. The van der Waals surface area contributed by atoms with Gasteiger partial charge in [0.05, 0.1) is 11.1 Å². The Morgan fingerprint density at radius 2 is 1.71 bits per heavy atom. The normalized spacial score (nSPS) is 11.3. The molecule has 31 heavy (non-hydrogen) atoms. The number of H-pyrrole nitrogens is 1. The van der Waals surface area contributed by atoms with Crippen molar-refractivity contribution in [3.05, 3.63) is 98.5 Å². The fourth-order valence-corrected chi connectivity index (χ4v) is 3.35. The van der Waals surface area contributed by atoms with Crippen molar-refractivity contribution in [3.63, 3.8) is 0 Å². The van der Waals surface area contributed by atoms with Gasteiger partial charge in [-0.25, -0.2) is 0 Å². The van der Waals surface area contributed by atoms with Crippen molar-refractivity contribution in [2.45, 2.75) is 33.1 Å². The molecule has 0 spiro atoms. The van der Waals surface area contributed by atoms with Crippen molar-refractivity contribution < 1.29 is 18.0 Å². The second-order valence-electron chi connectivity index (χ2n) is 7.19. The maximum absolute atomic E-state index is 13.9. The van der Waals surface area contributed by atoms with E-state index in [0.29, 0.717) is 16.8 Å². The third-order valence-electron chi connectivity index (χ3n) is 4.84. The highest BCUT2D eigenvalue weighted by Crippen LogP contribution is 2.37. The Morgan fingerprint density at radius 1 is 1.00 bits per heavy atom. The number of halogens is 3. The quantitative estimate of drug-likeness (QED) is 0.538. The van der Waals surface area contributed by atoms with E-state index in [1.807, 2.05) is 6.07 Å². The molecule has 3 N–H and O–H groups in total. The molecule has 1 aromatic heterocycles. The predicted octanol–water partition coefficient (Wildman–Crippen LogP) is 4.55. The van der Waals surface area contributed by atoms with Gasteiger partial charge in [-0.1, -0.05) is 36.4 Å². The lowest BCUT2D eigenvalue weighted by atomic mass is 10.0. The van der Waals surface area contributed by atoms with E-state index < -0.39 is 23.2 Å². The first-order valence-corrected chi connectivity index (χ1v) is 9.62. The lowest BCUT2D eigenvalue weighted by Gasteiger charge is -2.18. The molecule has 1 heterocycles. The molecule has 0 saturated carbocycles. The molecule has 3 rings (SSSR count). The Balaban J connectivity index is 1.86. The van der Waals surface area contributed by atoms with Crippen LogP contribution in [0.3, 0.4) is 0 Å². The summed E-state index contributed by atoms with van der Waals surface area (Å²) in [5, 5.41) is 5.22. The van der Waals surface area contributed by atoms with E-state index in [2.05, 4.69) is 15.6 Å². The highest BCUT2D eigenvalue weighted by atomic mass is 19.4. The number of benzene rings is 2. The fourth-order valence-electron chi connectivity index (χ4n) is 3.35. The zero-order chi connectivity index (χ0) is 22.6. The number of pyridine rings is 1. The van der Waals surface area contributed by atoms with E-state index in [9.17, 15) is 22.8 Å². The molecule has 0 radical (unpaired) electrons. The van der Waals surface area contributed by atoms with E-state index >= 15 is 0 Å². The molecule has 0 atom stereocenters. The number of carbonyl (C=O) groups is 1. The van der Waals surface area contributed by atoms with Gasteiger partial charge < -0.3 is 15.6 Å². The average Bonchev–Trinajstić information content (AvgIpc) is 2.71. The van der Waals surface area contributed by atoms with Crippen LogP contribution in [0.2, 0.25) is 0 Å². The minimum atomic E-state index is -4.75. The summed E-state index contributed by atoms with van der Waals surface area (Å²) >= 11 is 0. The van der Waals surface area contributed by atoms with Gasteiger partial charge in [0.2, 0.25) is 0 Å². The summed E-state index contributed by atoms with van der Waals surface area (Å²) in [7, 11) is 0. The summed E-state index contributed by atoms with van der Waals surface area (Å²) in [6, 6.07) is 14.5. The van der Waals surface area contributed by atoms with Gasteiger partial charge in [0.15, 0.2) is 0 Å². The first kappa shape index (κ1) is 22.1. The third-order valence-corrected chi connectivity index (χ3v) is 4.84. The SMILES string of the molecule is Cc1cc(C)c(CNC(=O)c2cccc(NCc3ccccc3)c2C(F)(F)F)c(=O)[nH]1. The first-order chi connectivity index (χ1) is 14.7. The van der Waals surface area contributed by atoms with Gasteiger partial charge >= 0.3 is 6.18 Å². The zero-order valence-corrected chi connectivity index (χ0v) is 17.1. The van der Waals surface area contributed by atoms with E-state index in [4.69, 9.17) is 0 Å². The number of hydrogen-bond acceptors (Lipinski definition) is 3. The molecule has 0 unspecified atom stereocenters. The monoisotopic (exact) mass is 429 g/mol. The van der Waals surface area contributed by atoms with Crippen molar-refractivity contribution in [1.29, 1.82) is 0 Å². The number of nitrogens with one attached hydrogen (secondary N) is 3. The maximum Gasteiger partial charge on any atom is 0.419 e. The van der Waals surface area contributed by atoms with Crippen molar-refractivity contribution in [1.82, 2.24) is 10.3 Å². The molecule has 0 aliphatic heterocycles. The Labute approximate surface area is 177 Å². The molecule has 5 nitrogen and oxygen atoms in total. The van der Waals surface area contributed by atoms with Crippen LogP contribution in [0.4, 0.5) is 18.9 Å². The molecule has 0 aliphatic rings. The second-order valence-corrected chi connectivity index (χ2v) is 7.19. The summed E-state index contributed by atoms with van der Waals surface area (Å²) in [5.41, 5.74) is 0.292. The van der Waals surface area contributed by atoms with Crippen LogP contribution in [0.1, 0.15) is 38.3 Å². The molecular weight excluding hydrogens is 407 g/mol. The van der Waals surface area contributed by atoms with Crippen molar-refractivity contribution in [2.24, 2.45) is 0 Å². The number of alkyl halides is 3. The molecule has 0 bridgehead atoms. The average molecular weight is 429 g/mol. The van der Waals surface area contributed by atoms with Gasteiger partial charge in [-0.3, -0.25) is 9.59 Å². The van der Waals surface area contributed by atoms with Gasteiger partial charge in [0, 0.05) is 30.0 Å². The molecule has 0 aliphatic carbocycles. The Morgan fingerprint density at radius 3 is 2.35 bits per heavy atom. The van der Waals surface area contributed by atoms with Crippen LogP contribution in [0.5, 0.6) is 0 Å². The number of aromatic nitrogens is 1. The number of carbonyl (C=O) groups excluding carboxylic acids is 1. The lowest BCUT2D eigenvalue weighted by Crippen LogP contribution is -2.30. The van der Waals surface area contributed by atoms with E-state index in [1.54, 1.807) is 44.2 Å². The zero-order valence-electron chi connectivity index (χ0n) is 17.1. The van der Waals surface area contributed by atoms with Gasteiger partial charge in [-0.2, -0.15) is 13.2 Å². The summed E-state index contributed by atoms with van der Waals surface area (Å²) in [4.78, 5) is 27.4. The van der Waals surface area contributed by atoms with Crippen molar-refractivity contribution in [2.75, 3.05) is 5.32 Å². The molecule has 0 fully saturated rings. The summed E-state index contributed by atoms with van der Waals surface area (Å²) in [6.45, 7) is 3.42. The third kappa shape index (κ3) is 5.33. The predicted molar refractivity (Wildman–Crippen MR) is 113 cm³/mol. The summed E-state index contributed by atoms with van der Waals surface area (Å²) in [5.74, 6) is -0.907. The smallest absolute Gasteiger partial charge is 0.380 e. The number of aryl methyl sites for hydroxylation is 2. The van der Waals surface area contributed by atoms with Crippen LogP contribution in [0.25, 0.3) is 0 Å². The lowest BCUT2D eigenvalue weighted by molar-refractivity contribution is -0.137. The molecule has 162 valence electrons. The number of rotatable bonds is 6. The highest BCUT2D eigenvalue weighted by Gasteiger charge is 2.38. The molecule has 1 amide bonds. The number of anilines is 1. The van der Waals surface area contributed by atoms with E-state index in [1.165, 1.54) is 12.1 Å². The standard InChI is InChI=1S/C23H22F3N3O2/c1-14-11-15(2)29-22(31)18(14)13-28-21(30)17-9-6-10-19(20(17)23(24,25)26)27-12-16-7-4-3-5-8-16/h3-11,27H,12-13H2,1-2H3,(H,28,30)(H,29,31). The number of aromatic amines is 1. The second kappa shape index (κ2) is 9.07. The minimum absolute atomic E-state index is 0.174. The molecule has 8 heteroatoms. The van der Waals surface area contributed by atoms with Crippen LogP contribution >= 0.6 is 0 Å². The molecular formula is C23H22F3N3O2. The Hall–Kier alpha value is -3.55. The van der Waals surface area contributed by atoms with Crippen molar-refractivity contribution in [3.8, 4) is 0 Å². The van der Waals surface area contributed by atoms with Crippen LogP contribution in [0.15, 0.2) is 59.4 Å². The van der Waals surface area contributed by atoms with Crippen LogP contribution in [-0.4, -0.2) is 10.9 Å². The first-order valence-electron chi connectivity index (χ1n) is 9.62. The molecule has 3 aromatic rings. The van der Waals surface area contributed by atoms with Crippen molar-refractivity contribution >= 4 is 11.6 Å².